The van der Waals surface area contributed by atoms with E-state index in [2.05, 4.69) is 36.1 Å². The summed E-state index contributed by atoms with van der Waals surface area (Å²) in [5.41, 5.74) is 8.95. The molecule has 2 N–H and O–H groups in total. The summed E-state index contributed by atoms with van der Waals surface area (Å²) in [7, 11) is 0. The van der Waals surface area contributed by atoms with Gasteiger partial charge in [0.2, 0.25) is 0 Å². The fourth-order valence-electron chi connectivity index (χ4n) is 3.65. The third-order valence-corrected chi connectivity index (χ3v) is 4.75. The molecule has 0 radical (unpaired) electrons. The highest BCUT2D eigenvalue weighted by atomic mass is 15.2. The van der Waals surface area contributed by atoms with Crippen LogP contribution >= 0.6 is 0 Å². The van der Waals surface area contributed by atoms with Gasteiger partial charge in [-0.05, 0) is 57.2 Å². The first-order chi connectivity index (χ1) is 9.29. The minimum absolute atomic E-state index is 0.555. The molecule has 2 atom stereocenters. The first kappa shape index (κ1) is 13.1. The normalized spacial score (nSPS) is 29.2. The molecule has 1 aliphatic carbocycles. The Morgan fingerprint density at radius 1 is 1.21 bits per heavy atom. The topological polar surface area (TPSA) is 29.3 Å². The number of hydrogen-bond acceptors (Lipinski definition) is 2. The quantitative estimate of drug-likeness (QED) is 0.901. The van der Waals surface area contributed by atoms with Crippen LogP contribution in [0.1, 0.15) is 49.3 Å². The molecule has 0 aromatic heterocycles. The molecule has 1 saturated heterocycles. The minimum Gasteiger partial charge on any atom is -0.330 e. The summed E-state index contributed by atoms with van der Waals surface area (Å²) in [4.78, 5) is 2.76. The second kappa shape index (κ2) is 5.64. The Bertz CT molecular complexity index is 425. The Kier molecular flexibility index (Phi) is 3.90. The highest BCUT2D eigenvalue weighted by Gasteiger charge is 2.38. The summed E-state index contributed by atoms with van der Waals surface area (Å²) in [6, 6.07) is 10.5. The lowest BCUT2D eigenvalue weighted by Gasteiger charge is -2.35. The second-order valence-electron chi connectivity index (χ2n) is 6.32. The van der Waals surface area contributed by atoms with Gasteiger partial charge in [0.1, 0.15) is 0 Å². The van der Waals surface area contributed by atoms with E-state index in [9.17, 15) is 0 Å². The molecule has 0 bridgehead atoms. The lowest BCUT2D eigenvalue weighted by Crippen LogP contribution is -2.37. The summed E-state index contributed by atoms with van der Waals surface area (Å²) >= 11 is 0. The molecule has 1 aliphatic heterocycles. The van der Waals surface area contributed by atoms with E-state index in [1.807, 2.05) is 0 Å². The van der Waals surface area contributed by atoms with Gasteiger partial charge in [0, 0.05) is 12.1 Å². The van der Waals surface area contributed by atoms with Gasteiger partial charge in [-0.25, -0.2) is 0 Å². The Morgan fingerprint density at radius 2 is 2.05 bits per heavy atom. The largest absolute Gasteiger partial charge is 0.330 e. The summed E-state index contributed by atoms with van der Waals surface area (Å²) in [6.07, 6.45) is 6.75. The fraction of sp³-hybridized carbons (Fsp3) is 0.647. The van der Waals surface area contributed by atoms with E-state index in [-0.39, 0.29) is 0 Å². The SMILES string of the molecule is Cc1cccc(C2C(CN)CCCCN2C2CC2)c1. The van der Waals surface area contributed by atoms with E-state index in [0.717, 1.165) is 12.6 Å². The summed E-state index contributed by atoms with van der Waals surface area (Å²) in [5, 5.41) is 0. The summed E-state index contributed by atoms with van der Waals surface area (Å²) < 4.78 is 0. The number of rotatable bonds is 3. The van der Waals surface area contributed by atoms with Crippen LogP contribution < -0.4 is 5.73 Å². The van der Waals surface area contributed by atoms with E-state index in [1.54, 1.807) is 0 Å². The highest BCUT2D eigenvalue weighted by Crippen LogP contribution is 2.41. The Morgan fingerprint density at radius 3 is 2.74 bits per heavy atom. The van der Waals surface area contributed by atoms with Gasteiger partial charge >= 0.3 is 0 Å². The van der Waals surface area contributed by atoms with Crippen LogP contribution in [0.2, 0.25) is 0 Å². The molecule has 19 heavy (non-hydrogen) atoms. The third-order valence-electron chi connectivity index (χ3n) is 4.75. The number of nitrogens with two attached hydrogens (primary N) is 1. The predicted octanol–water partition coefficient (Wildman–Crippen LogP) is 3.26. The third kappa shape index (κ3) is 2.85. The van der Waals surface area contributed by atoms with Gasteiger partial charge in [-0.1, -0.05) is 36.2 Å². The molecule has 3 rings (SSSR count). The smallest absolute Gasteiger partial charge is 0.0391 e. The molecule has 1 aromatic carbocycles. The van der Waals surface area contributed by atoms with Crippen LogP contribution in [0.25, 0.3) is 0 Å². The van der Waals surface area contributed by atoms with Crippen LogP contribution in [0.5, 0.6) is 0 Å². The van der Waals surface area contributed by atoms with E-state index in [0.29, 0.717) is 12.0 Å². The zero-order valence-corrected chi connectivity index (χ0v) is 12.0. The molecular weight excluding hydrogens is 232 g/mol. The van der Waals surface area contributed by atoms with Gasteiger partial charge < -0.3 is 5.73 Å². The summed E-state index contributed by atoms with van der Waals surface area (Å²) in [5.74, 6) is 0.630. The Balaban J connectivity index is 1.94. The van der Waals surface area contributed by atoms with Crippen LogP contribution in [0, 0.1) is 12.8 Å². The summed E-state index contributed by atoms with van der Waals surface area (Å²) in [6.45, 7) is 4.28. The van der Waals surface area contributed by atoms with Gasteiger partial charge in [-0.15, -0.1) is 0 Å². The molecule has 1 saturated carbocycles. The van der Waals surface area contributed by atoms with Crippen LogP contribution in [-0.4, -0.2) is 24.0 Å². The van der Waals surface area contributed by atoms with Crippen LogP contribution in [0.4, 0.5) is 0 Å². The van der Waals surface area contributed by atoms with Crippen molar-refractivity contribution >= 4 is 0 Å². The first-order valence-electron chi connectivity index (χ1n) is 7.82. The van der Waals surface area contributed by atoms with Crippen molar-refractivity contribution in [3.63, 3.8) is 0 Å². The molecular formula is C17H26N2. The highest BCUT2D eigenvalue weighted by molar-refractivity contribution is 5.26. The van der Waals surface area contributed by atoms with Crippen molar-refractivity contribution in [2.24, 2.45) is 11.7 Å². The number of benzene rings is 1. The maximum atomic E-state index is 6.09. The maximum Gasteiger partial charge on any atom is 0.0391 e. The zero-order chi connectivity index (χ0) is 13.2. The van der Waals surface area contributed by atoms with Crippen molar-refractivity contribution in [2.75, 3.05) is 13.1 Å². The van der Waals surface area contributed by atoms with E-state index < -0.39 is 0 Å². The fourth-order valence-corrected chi connectivity index (χ4v) is 3.65. The number of aryl methyl sites for hydroxylation is 1. The zero-order valence-electron chi connectivity index (χ0n) is 12.0. The lowest BCUT2D eigenvalue weighted by atomic mass is 9.88. The average Bonchev–Trinajstić information content (AvgIpc) is 3.24. The average molecular weight is 258 g/mol. The standard InChI is InChI=1S/C17H26N2/c1-13-5-4-7-14(11-13)17-15(12-18)6-2-3-10-19(17)16-8-9-16/h4-5,7,11,15-17H,2-3,6,8-10,12,18H2,1H3. The molecule has 104 valence electrons. The van der Waals surface area contributed by atoms with Crippen molar-refractivity contribution in [2.45, 2.75) is 51.1 Å². The lowest BCUT2D eigenvalue weighted by molar-refractivity contribution is 0.149. The van der Waals surface area contributed by atoms with Crippen molar-refractivity contribution in [3.8, 4) is 0 Å². The monoisotopic (exact) mass is 258 g/mol. The van der Waals surface area contributed by atoms with Crippen molar-refractivity contribution in [1.82, 2.24) is 4.90 Å². The molecule has 2 heteroatoms. The molecule has 2 aliphatic rings. The minimum atomic E-state index is 0.555. The predicted molar refractivity (Wildman–Crippen MR) is 80.0 cm³/mol. The number of hydrogen-bond donors (Lipinski definition) is 1. The molecule has 2 fully saturated rings. The molecule has 0 spiro atoms. The van der Waals surface area contributed by atoms with Gasteiger partial charge in [0.05, 0.1) is 0 Å². The Labute approximate surface area is 117 Å². The molecule has 1 aromatic rings. The maximum absolute atomic E-state index is 6.09. The van der Waals surface area contributed by atoms with Gasteiger partial charge in [0.25, 0.3) is 0 Å². The van der Waals surface area contributed by atoms with Gasteiger partial charge in [-0.2, -0.15) is 0 Å². The molecule has 2 nitrogen and oxygen atoms in total. The molecule has 0 amide bonds. The first-order valence-corrected chi connectivity index (χ1v) is 7.82. The van der Waals surface area contributed by atoms with Crippen molar-refractivity contribution in [1.29, 1.82) is 0 Å². The van der Waals surface area contributed by atoms with E-state index in [1.165, 1.54) is 49.8 Å². The van der Waals surface area contributed by atoms with Crippen molar-refractivity contribution < 1.29 is 0 Å². The van der Waals surface area contributed by atoms with Gasteiger partial charge in [-0.3, -0.25) is 4.90 Å². The molecule has 1 heterocycles. The molecule has 2 unspecified atom stereocenters. The van der Waals surface area contributed by atoms with Gasteiger partial charge in [0.15, 0.2) is 0 Å². The Hall–Kier alpha value is -0.860. The van der Waals surface area contributed by atoms with E-state index in [4.69, 9.17) is 5.73 Å². The van der Waals surface area contributed by atoms with Crippen LogP contribution in [0.15, 0.2) is 24.3 Å². The van der Waals surface area contributed by atoms with Crippen LogP contribution in [-0.2, 0) is 0 Å². The van der Waals surface area contributed by atoms with Crippen molar-refractivity contribution in [3.05, 3.63) is 35.4 Å². The van der Waals surface area contributed by atoms with E-state index >= 15 is 0 Å². The number of nitrogens with zero attached hydrogens (tertiary/aromatic N) is 1. The van der Waals surface area contributed by atoms with Crippen LogP contribution in [0.3, 0.4) is 0 Å². The second-order valence-corrected chi connectivity index (χ2v) is 6.32. The number of likely N-dealkylation sites (tertiary alicyclic amines) is 1.